The first-order valence-electron chi connectivity index (χ1n) is 5.58. The molecular weight excluding hydrogens is 233 g/mol. The number of nitrogens with one attached hydrogen (secondary N) is 1. The Morgan fingerprint density at radius 2 is 2.06 bits per heavy atom. The third kappa shape index (κ3) is 2.94. The Morgan fingerprint density at radius 1 is 1.28 bits per heavy atom. The Morgan fingerprint density at radius 3 is 2.78 bits per heavy atom. The van der Waals surface area contributed by atoms with Gasteiger partial charge in [-0.1, -0.05) is 18.2 Å². The van der Waals surface area contributed by atoms with Crippen molar-refractivity contribution in [2.75, 3.05) is 12.4 Å². The van der Waals surface area contributed by atoms with Crippen LogP contribution in [-0.2, 0) is 6.61 Å². The molecule has 5 heteroatoms. The summed E-state index contributed by atoms with van der Waals surface area (Å²) >= 11 is 0. The first-order valence-corrected chi connectivity index (χ1v) is 5.58. The monoisotopic (exact) mass is 247 g/mol. The number of halogens is 1. The smallest absolute Gasteiger partial charge is 0.219 e. The Hall–Kier alpha value is -2.17. The van der Waals surface area contributed by atoms with E-state index in [2.05, 4.69) is 15.3 Å². The van der Waals surface area contributed by atoms with Crippen LogP contribution in [0.4, 0.5) is 10.2 Å². The fourth-order valence-electron chi connectivity index (χ4n) is 1.51. The lowest BCUT2D eigenvalue weighted by Gasteiger charge is -2.08. The molecule has 0 amide bonds. The highest BCUT2D eigenvalue weighted by molar-refractivity contribution is 5.37. The summed E-state index contributed by atoms with van der Waals surface area (Å²) in [5.74, 6) is 1.42. The van der Waals surface area contributed by atoms with E-state index in [9.17, 15) is 4.39 Å². The molecule has 0 spiro atoms. The van der Waals surface area contributed by atoms with Gasteiger partial charge < -0.3 is 10.1 Å². The quantitative estimate of drug-likeness (QED) is 0.902. The Labute approximate surface area is 105 Å². The van der Waals surface area contributed by atoms with E-state index in [0.29, 0.717) is 23.1 Å². The normalized spacial score (nSPS) is 10.2. The molecule has 0 saturated heterocycles. The van der Waals surface area contributed by atoms with Crippen LogP contribution in [0.2, 0.25) is 0 Å². The van der Waals surface area contributed by atoms with Gasteiger partial charge in [0.2, 0.25) is 5.88 Å². The van der Waals surface area contributed by atoms with Crippen LogP contribution in [0.25, 0.3) is 0 Å². The second kappa shape index (κ2) is 5.44. The minimum Gasteiger partial charge on any atom is -0.473 e. The maximum Gasteiger partial charge on any atom is 0.219 e. The number of hydrogen-bond acceptors (Lipinski definition) is 4. The summed E-state index contributed by atoms with van der Waals surface area (Å²) in [6.07, 6.45) is 0. The van der Waals surface area contributed by atoms with Gasteiger partial charge in [0.15, 0.2) is 0 Å². The van der Waals surface area contributed by atoms with Crippen LogP contribution in [0, 0.1) is 12.7 Å². The molecule has 1 N–H and O–H groups in total. The second-order valence-electron chi connectivity index (χ2n) is 3.77. The van der Waals surface area contributed by atoms with Crippen molar-refractivity contribution < 1.29 is 9.13 Å². The molecular formula is C13H14FN3O. The molecule has 0 aliphatic rings. The van der Waals surface area contributed by atoms with E-state index in [1.54, 1.807) is 38.2 Å². The Kier molecular flexibility index (Phi) is 3.72. The summed E-state index contributed by atoms with van der Waals surface area (Å²) < 4.78 is 18.9. The zero-order chi connectivity index (χ0) is 13.0. The van der Waals surface area contributed by atoms with Gasteiger partial charge in [0.1, 0.15) is 24.1 Å². The molecule has 94 valence electrons. The topological polar surface area (TPSA) is 47.0 Å². The number of anilines is 1. The van der Waals surface area contributed by atoms with E-state index in [1.165, 1.54) is 6.07 Å². The van der Waals surface area contributed by atoms with Gasteiger partial charge in [0.25, 0.3) is 0 Å². The van der Waals surface area contributed by atoms with Gasteiger partial charge in [0, 0.05) is 18.7 Å². The zero-order valence-electron chi connectivity index (χ0n) is 10.3. The predicted molar refractivity (Wildman–Crippen MR) is 67.0 cm³/mol. The van der Waals surface area contributed by atoms with Gasteiger partial charge >= 0.3 is 0 Å². The Bertz CT molecular complexity index is 546. The minimum atomic E-state index is -0.280. The number of benzene rings is 1. The summed E-state index contributed by atoms with van der Waals surface area (Å²) in [7, 11) is 1.77. The van der Waals surface area contributed by atoms with Gasteiger partial charge in [-0.05, 0) is 13.0 Å². The van der Waals surface area contributed by atoms with E-state index in [4.69, 9.17) is 4.74 Å². The summed E-state index contributed by atoms with van der Waals surface area (Å²) in [4.78, 5) is 8.28. The summed E-state index contributed by atoms with van der Waals surface area (Å²) in [5, 5.41) is 2.91. The van der Waals surface area contributed by atoms with Crippen LogP contribution in [0.3, 0.4) is 0 Å². The standard InChI is InChI=1S/C13H14FN3O/c1-9-16-12(15-2)7-13(17-9)18-8-10-5-3-4-6-11(10)14/h3-7H,8H2,1-2H3,(H,15,16,17). The molecule has 2 aromatic rings. The van der Waals surface area contributed by atoms with Crippen molar-refractivity contribution in [1.29, 1.82) is 0 Å². The first kappa shape index (κ1) is 12.3. The maximum atomic E-state index is 13.4. The molecule has 0 saturated carbocycles. The van der Waals surface area contributed by atoms with E-state index >= 15 is 0 Å². The fourth-order valence-corrected chi connectivity index (χ4v) is 1.51. The van der Waals surface area contributed by atoms with E-state index in [0.717, 1.165) is 0 Å². The third-order valence-electron chi connectivity index (χ3n) is 2.40. The van der Waals surface area contributed by atoms with Crippen LogP contribution in [-0.4, -0.2) is 17.0 Å². The lowest BCUT2D eigenvalue weighted by molar-refractivity contribution is 0.287. The van der Waals surface area contributed by atoms with Crippen LogP contribution < -0.4 is 10.1 Å². The Balaban J connectivity index is 2.11. The highest BCUT2D eigenvalue weighted by atomic mass is 19.1. The number of rotatable bonds is 4. The lowest BCUT2D eigenvalue weighted by atomic mass is 10.2. The molecule has 1 aromatic heterocycles. The summed E-state index contributed by atoms with van der Waals surface area (Å²) in [5.41, 5.74) is 0.500. The number of nitrogens with zero attached hydrogens (tertiary/aromatic N) is 2. The number of hydrogen-bond donors (Lipinski definition) is 1. The average molecular weight is 247 g/mol. The second-order valence-corrected chi connectivity index (χ2v) is 3.77. The molecule has 0 bridgehead atoms. The van der Waals surface area contributed by atoms with E-state index < -0.39 is 0 Å². The molecule has 0 unspecified atom stereocenters. The van der Waals surface area contributed by atoms with Crippen LogP contribution in [0.5, 0.6) is 5.88 Å². The van der Waals surface area contributed by atoms with Gasteiger partial charge in [-0.3, -0.25) is 0 Å². The highest BCUT2D eigenvalue weighted by Gasteiger charge is 2.04. The third-order valence-corrected chi connectivity index (χ3v) is 2.40. The van der Waals surface area contributed by atoms with Crippen molar-refractivity contribution in [1.82, 2.24) is 9.97 Å². The largest absolute Gasteiger partial charge is 0.473 e. The minimum absolute atomic E-state index is 0.145. The van der Waals surface area contributed by atoms with Crippen molar-refractivity contribution in [3.63, 3.8) is 0 Å². The number of aromatic nitrogens is 2. The predicted octanol–water partition coefficient (Wildman–Crippen LogP) is 2.54. The first-order chi connectivity index (χ1) is 8.69. The molecule has 0 aliphatic heterocycles. The van der Waals surface area contributed by atoms with Gasteiger partial charge in [-0.25, -0.2) is 9.37 Å². The molecule has 0 atom stereocenters. The van der Waals surface area contributed by atoms with Crippen LogP contribution in [0.1, 0.15) is 11.4 Å². The van der Waals surface area contributed by atoms with Gasteiger partial charge in [-0.15, -0.1) is 0 Å². The van der Waals surface area contributed by atoms with Crippen molar-refractivity contribution in [3.05, 3.63) is 47.5 Å². The van der Waals surface area contributed by atoms with Crippen LogP contribution >= 0.6 is 0 Å². The number of ether oxygens (including phenoxy) is 1. The number of aryl methyl sites for hydroxylation is 1. The lowest BCUT2D eigenvalue weighted by Crippen LogP contribution is -2.03. The summed E-state index contributed by atoms with van der Waals surface area (Å²) in [6, 6.07) is 8.18. The summed E-state index contributed by atoms with van der Waals surface area (Å²) in [6.45, 7) is 1.92. The van der Waals surface area contributed by atoms with E-state index in [-0.39, 0.29) is 12.4 Å². The molecule has 1 heterocycles. The molecule has 18 heavy (non-hydrogen) atoms. The van der Waals surface area contributed by atoms with Gasteiger partial charge in [-0.2, -0.15) is 4.98 Å². The molecule has 0 radical (unpaired) electrons. The van der Waals surface area contributed by atoms with Crippen LogP contribution in [0.15, 0.2) is 30.3 Å². The molecule has 4 nitrogen and oxygen atoms in total. The van der Waals surface area contributed by atoms with Crippen molar-refractivity contribution in [2.45, 2.75) is 13.5 Å². The average Bonchev–Trinajstić information content (AvgIpc) is 2.37. The molecule has 0 aliphatic carbocycles. The SMILES string of the molecule is CNc1cc(OCc2ccccc2F)nc(C)n1. The van der Waals surface area contributed by atoms with E-state index in [1.807, 2.05) is 0 Å². The zero-order valence-corrected chi connectivity index (χ0v) is 10.3. The molecule has 0 fully saturated rings. The van der Waals surface area contributed by atoms with Crippen molar-refractivity contribution in [3.8, 4) is 5.88 Å². The molecule has 2 rings (SSSR count). The van der Waals surface area contributed by atoms with Crippen molar-refractivity contribution >= 4 is 5.82 Å². The molecule has 1 aromatic carbocycles. The highest BCUT2D eigenvalue weighted by Crippen LogP contribution is 2.15. The van der Waals surface area contributed by atoms with Crippen molar-refractivity contribution in [2.24, 2.45) is 0 Å². The fraction of sp³-hybridized carbons (Fsp3) is 0.231. The maximum absolute atomic E-state index is 13.4. The van der Waals surface area contributed by atoms with Gasteiger partial charge in [0.05, 0.1) is 0 Å².